The third-order valence-electron chi connectivity index (χ3n) is 6.20. The van der Waals surface area contributed by atoms with Gasteiger partial charge >= 0.3 is 0 Å². The number of hydrogen-bond donors (Lipinski definition) is 1. The minimum atomic E-state index is -0.502. The van der Waals surface area contributed by atoms with Gasteiger partial charge < -0.3 is 14.7 Å². The van der Waals surface area contributed by atoms with E-state index in [1.54, 1.807) is 4.90 Å². The van der Waals surface area contributed by atoms with E-state index in [0.29, 0.717) is 13.1 Å². The fraction of sp³-hybridized carbons (Fsp3) is 0.650. The molecule has 4 rings (SSSR count). The van der Waals surface area contributed by atoms with Crippen LogP contribution in [0.3, 0.4) is 0 Å². The smallest absolute Gasteiger partial charge is 0.226 e. The van der Waals surface area contributed by atoms with Crippen molar-refractivity contribution in [3.63, 3.8) is 0 Å². The van der Waals surface area contributed by atoms with Crippen molar-refractivity contribution < 1.29 is 14.6 Å². The molecule has 1 amide bonds. The van der Waals surface area contributed by atoms with Gasteiger partial charge in [0.15, 0.2) is 0 Å². The van der Waals surface area contributed by atoms with E-state index >= 15 is 0 Å². The van der Waals surface area contributed by atoms with Crippen LogP contribution < -0.4 is 0 Å². The van der Waals surface area contributed by atoms with Crippen LogP contribution in [0, 0.1) is 5.92 Å². The first kappa shape index (κ1) is 17.0. The van der Waals surface area contributed by atoms with Gasteiger partial charge in [-0.3, -0.25) is 9.69 Å². The van der Waals surface area contributed by atoms with Gasteiger partial charge in [-0.2, -0.15) is 0 Å². The number of fused-ring (bicyclic) bond motifs is 2. The third-order valence-corrected chi connectivity index (χ3v) is 6.20. The lowest BCUT2D eigenvalue weighted by Crippen LogP contribution is -2.45. The first-order valence-corrected chi connectivity index (χ1v) is 9.42. The molecule has 0 aromatic heterocycles. The van der Waals surface area contributed by atoms with Gasteiger partial charge in [0.2, 0.25) is 5.91 Å². The molecule has 25 heavy (non-hydrogen) atoms. The van der Waals surface area contributed by atoms with Crippen molar-refractivity contribution in [3.8, 4) is 0 Å². The summed E-state index contributed by atoms with van der Waals surface area (Å²) in [5.74, 6) is 0.287. The number of ether oxygens (including phenoxy) is 1. The maximum Gasteiger partial charge on any atom is 0.226 e. The lowest BCUT2D eigenvalue weighted by Gasteiger charge is -2.30. The maximum atomic E-state index is 12.9. The van der Waals surface area contributed by atoms with E-state index in [1.165, 1.54) is 11.1 Å². The molecule has 1 aromatic carbocycles. The number of aryl methyl sites for hydroxylation is 1. The number of benzene rings is 1. The Morgan fingerprint density at radius 2 is 2.16 bits per heavy atom. The highest BCUT2D eigenvalue weighted by molar-refractivity contribution is 5.85. The summed E-state index contributed by atoms with van der Waals surface area (Å²) in [6, 6.07) is 8.56. The number of hydrogen-bond acceptors (Lipinski definition) is 4. The van der Waals surface area contributed by atoms with Crippen molar-refractivity contribution in [1.82, 2.24) is 9.80 Å². The van der Waals surface area contributed by atoms with Gasteiger partial charge in [0, 0.05) is 44.6 Å². The molecule has 5 heteroatoms. The van der Waals surface area contributed by atoms with Gasteiger partial charge in [-0.15, -0.1) is 0 Å². The zero-order chi connectivity index (χ0) is 17.4. The Balaban J connectivity index is 1.33. The number of β-amino-alcohol motifs (C(OH)–C–C–N with tert-alkyl or cyclic N) is 1. The summed E-state index contributed by atoms with van der Waals surface area (Å²) in [5, 5.41) is 10.4. The highest BCUT2D eigenvalue weighted by atomic mass is 16.5. The number of nitrogens with zero attached hydrogens (tertiary/aromatic N) is 2. The summed E-state index contributed by atoms with van der Waals surface area (Å²) >= 11 is 0. The monoisotopic (exact) mass is 344 g/mol. The number of carbonyl (C=O) groups excluding carboxylic acids is 1. The Labute approximate surface area is 149 Å². The summed E-state index contributed by atoms with van der Waals surface area (Å²) < 4.78 is 5.33. The second-order valence-electron chi connectivity index (χ2n) is 7.86. The predicted molar refractivity (Wildman–Crippen MR) is 95.5 cm³/mol. The van der Waals surface area contributed by atoms with Crippen LogP contribution in [0.5, 0.6) is 0 Å². The summed E-state index contributed by atoms with van der Waals surface area (Å²) in [6.45, 7) is 4.19. The quantitative estimate of drug-likeness (QED) is 0.867. The summed E-state index contributed by atoms with van der Waals surface area (Å²) in [7, 11) is 1.83. The molecule has 1 N–H and O–H groups in total. The molecule has 1 heterocycles. The molecule has 0 radical (unpaired) electrons. The van der Waals surface area contributed by atoms with E-state index in [-0.39, 0.29) is 17.2 Å². The number of morpholine rings is 1. The zero-order valence-electron chi connectivity index (χ0n) is 15.0. The average molecular weight is 344 g/mol. The van der Waals surface area contributed by atoms with E-state index in [2.05, 4.69) is 29.2 Å². The van der Waals surface area contributed by atoms with Crippen LogP contribution >= 0.6 is 0 Å². The Bertz CT molecular complexity index is 644. The van der Waals surface area contributed by atoms with Crippen LogP contribution in [0.2, 0.25) is 0 Å². The number of carbonyl (C=O) groups is 1. The Morgan fingerprint density at radius 3 is 2.96 bits per heavy atom. The Kier molecular flexibility index (Phi) is 4.56. The maximum absolute atomic E-state index is 12.9. The van der Waals surface area contributed by atoms with E-state index in [4.69, 9.17) is 4.74 Å². The molecule has 2 aliphatic carbocycles. The van der Waals surface area contributed by atoms with Gasteiger partial charge in [0.05, 0.1) is 19.3 Å². The number of amides is 1. The molecule has 3 aliphatic rings. The standard InChI is InChI=1S/C20H28N2O3/c1-21(13-16(23)14-22-8-10-25-11-9-22)19(24)18-12-20(18)7-6-15-4-2-3-5-17(15)20/h2-5,16,18,23H,6-14H2,1H3/t16-,18+,20-/m0/s1. The van der Waals surface area contributed by atoms with E-state index < -0.39 is 6.10 Å². The fourth-order valence-corrected chi connectivity index (χ4v) is 4.73. The van der Waals surface area contributed by atoms with Crippen LogP contribution in [0.1, 0.15) is 24.0 Å². The Hall–Kier alpha value is -1.43. The van der Waals surface area contributed by atoms with Gasteiger partial charge in [-0.25, -0.2) is 0 Å². The molecule has 1 saturated heterocycles. The van der Waals surface area contributed by atoms with Gasteiger partial charge in [0.25, 0.3) is 0 Å². The molecule has 1 aromatic rings. The first-order valence-electron chi connectivity index (χ1n) is 9.42. The van der Waals surface area contributed by atoms with Crippen molar-refractivity contribution in [2.45, 2.75) is 30.8 Å². The molecule has 3 atom stereocenters. The number of aliphatic hydroxyl groups excluding tert-OH is 1. The van der Waals surface area contributed by atoms with Crippen molar-refractivity contribution in [2.75, 3.05) is 46.4 Å². The Morgan fingerprint density at radius 1 is 1.40 bits per heavy atom. The predicted octanol–water partition coefficient (Wildman–Crippen LogP) is 1.04. The molecule has 5 nitrogen and oxygen atoms in total. The van der Waals surface area contributed by atoms with Crippen LogP contribution in [-0.2, 0) is 21.4 Å². The summed E-state index contributed by atoms with van der Waals surface area (Å²) in [6.07, 6.45) is 2.64. The van der Waals surface area contributed by atoms with Crippen LogP contribution in [0.4, 0.5) is 0 Å². The van der Waals surface area contributed by atoms with Crippen molar-refractivity contribution >= 4 is 5.91 Å². The van der Waals surface area contributed by atoms with Crippen molar-refractivity contribution in [3.05, 3.63) is 35.4 Å². The second kappa shape index (κ2) is 6.71. The molecular formula is C20H28N2O3. The lowest BCUT2D eigenvalue weighted by atomic mass is 9.95. The fourth-order valence-electron chi connectivity index (χ4n) is 4.73. The minimum Gasteiger partial charge on any atom is -0.390 e. The van der Waals surface area contributed by atoms with E-state index in [0.717, 1.165) is 45.6 Å². The normalized spacial score (nSPS) is 29.4. The molecule has 1 aliphatic heterocycles. The van der Waals surface area contributed by atoms with E-state index in [1.807, 2.05) is 7.05 Å². The topological polar surface area (TPSA) is 53.0 Å². The molecule has 2 fully saturated rings. The number of likely N-dealkylation sites (N-methyl/N-ethyl adjacent to an activating group) is 1. The molecule has 136 valence electrons. The van der Waals surface area contributed by atoms with Crippen LogP contribution in [-0.4, -0.2) is 73.4 Å². The molecule has 0 bridgehead atoms. The molecular weight excluding hydrogens is 316 g/mol. The largest absolute Gasteiger partial charge is 0.390 e. The lowest BCUT2D eigenvalue weighted by molar-refractivity contribution is -0.133. The van der Waals surface area contributed by atoms with Crippen molar-refractivity contribution in [1.29, 1.82) is 0 Å². The van der Waals surface area contributed by atoms with Gasteiger partial charge in [-0.05, 0) is 30.4 Å². The highest BCUT2D eigenvalue weighted by Crippen LogP contribution is 2.61. The number of rotatable bonds is 5. The van der Waals surface area contributed by atoms with Crippen LogP contribution in [0.25, 0.3) is 0 Å². The van der Waals surface area contributed by atoms with Gasteiger partial charge in [-0.1, -0.05) is 24.3 Å². The van der Waals surface area contributed by atoms with Crippen LogP contribution in [0.15, 0.2) is 24.3 Å². The molecule has 1 saturated carbocycles. The minimum absolute atomic E-state index is 0.0805. The number of aliphatic hydroxyl groups is 1. The molecule has 1 spiro atoms. The highest BCUT2D eigenvalue weighted by Gasteiger charge is 2.61. The zero-order valence-corrected chi connectivity index (χ0v) is 15.0. The third kappa shape index (κ3) is 3.21. The summed E-state index contributed by atoms with van der Waals surface area (Å²) in [5.41, 5.74) is 2.88. The second-order valence-corrected chi connectivity index (χ2v) is 7.86. The summed E-state index contributed by atoms with van der Waals surface area (Å²) in [4.78, 5) is 16.8. The SMILES string of the molecule is CN(C[C@H](O)CN1CCOCC1)C(=O)[C@H]1C[C@]12CCc1ccccc12. The average Bonchev–Trinajstić information content (AvgIpc) is 3.24. The first-order chi connectivity index (χ1) is 12.1. The van der Waals surface area contributed by atoms with Gasteiger partial charge in [0.1, 0.15) is 0 Å². The van der Waals surface area contributed by atoms with Crippen molar-refractivity contribution in [2.24, 2.45) is 5.92 Å². The van der Waals surface area contributed by atoms with E-state index in [9.17, 15) is 9.90 Å². The molecule has 0 unspecified atom stereocenters.